The Labute approximate surface area is 64.4 Å². The Morgan fingerprint density at radius 1 is 1.90 bits per heavy atom. The van der Waals surface area contributed by atoms with Gasteiger partial charge in [-0.25, -0.2) is 0 Å². The topological polar surface area (TPSA) is 41.8 Å². The number of thioether (sulfide) groups is 1. The molecule has 1 saturated heterocycles. The summed E-state index contributed by atoms with van der Waals surface area (Å²) in [5.74, 6) is 0.924. The molecule has 1 atom stereocenters. The Bertz CT molecular complexity index is 138. The van der Waals surface area contributed by atoms with E-state index in [1.54, 1.807) is 0 Å². The average molecular weight is 161 g/mol. The summed E-state index contributed by atoms with van der Waals surface area (Å²) in [4.78, 5) is 0. The first kappa shape index (κ1) is 7.72. The lowest BCUT2D eigenvalue weighted by Crippen LogP contribution is -2.08. The van der Waals surface area contributed by atoms with Crippen LogP contribution in [0.4, 0.5) is 0 Å². The third-order valence-corrected chi connectivity index (χ3v) is 2.32. The second-order valence-corrected chi connectivity index (χ2v) is 3.18. The Kier molecular flexibility index (Phi) is 2.86. The van der Waals surface area contributed by atoms with Gasteiger partial charge in [-0.05, 0) is 11.6 Å². The zero-order valence-electron chi connectivity index (χ0n) is 5.91. The molecule has 0 aliphatic carbocycles. The van der Waals surface area contributed by atoms with E-state index in [-0.39, 0.29) is 6.10 Å². The molecule has 0 spiro atoms. The molecule has 0 saturated carbocycles. The Morgan fingerprint density at radius 2 is 2.70 bits per heavy atom. The number of nitrogens with zero attached hydrogens (tertiary/aromatic N) is 1. The summed E-state index contributed by atoms with van der Waals surface area (Å²) in [5, 5.41) is 11.7. The molecule has 4 heteroatoms. The molecule has 0 radical (unpaired) electrons. The van der Waals surface area contributed by atoms with Gasteiger partial charge >= 0.3 is 0 Å². The Morgan fingerprint density at radius 3 is 3.20 bits per heavy atom. The molecule has 1 fully saturated rings. The van der Waals surface area contributed by atoms with Crippen LogP contribution in [0.15, 0.2) is 5.16 Å². The van der Waals surface area contributed by atoms with E-state index in [1.807, 2.05) is 0 Å². The van der Waals surface area contributed by atoms with Gasteiger partial charge in [0.1, 0.15) is 6.10 Å². The Hall–Kier alpha value is -0.380. The molecule has 3 nitrogen and oxygen atoms in total. The molecule has 0 aromatic carbocycles. The summed E-state index contributed by atoms with van der Waals surface area (Å²) in [6, 6.07) is 0. The van der Waals surface area contributed by atoms with Crippen molar-refractivity contribution in [2.24, 2.45) is 5.16 Å². The van der Waals surface area contributed by atoms with Crippen LogP contribution in [0, 0.1) is 0 Å². The molecule has 1 aliphatic rings. The molecule has 0 bridgehead atoms. The van der Waals surface area contributed by atoms with Crippen molar-refractivity contribution < 1.29 is 9.94 Å². The summed E-state index contributed by atoms with van der Waals surface area (Å²) < 4.78 is 5.21. The highest BCUT2D eigenvalue weighted by atomic mass is 32.2. The molecule has 10 heavy (non-hydrogen) atoms. The standard InChI is InChI=1S/C6H11NO2S/c1-2-3-5-4-10-6(7-8)9-5/h5,8H,2-4H2,1H3. The van der Waals surface area contributed by atoms with Gasteiger partial charge in [0.05, 0.1) is 0 Å². The predicted octanol–water partition coefficient (Wildman–Crippen LogP) is 1.66. The van der Waals surface area contributed by atoms with Crippen molar-refractivity contribution in [2.45, 2.75) is 25.9 Å². The van der Waals surface area contributed by atoms with E-state index in [1.165, 1.54) is 11.8 Å². The fraction of sp³-hybridized carbons (Fsp3) is 0.833. The molecule has 0 aromatic heterocycles. The van der Waals surface area contributed by atoms with Crippen molar-refractivity contribution in [3.63, 3.8) is 0 Å². The first-order valence-corrected chi connectivity index (χ1v) is 4.37. The molecule has 1 unspecified atom stereocenters. The van der Waals surface area contributed by atoms with Crippen molar-refractivity contribution in [3.8, 4) is 0 Å². The second kappa shape index (κ2) is 3.71. The average Bonchev–Trinajstić information content (AvgIpc) is 2.37. The lowest BCUT2D eigenvalue weighted by atomic mass is 10.2. The normalized spacial score (nSPS) is 28.9. The molecule has 1 N–H and O–H groups in total. The van der Waals surface area contributed by atoms with Crippen LogP contribution in [0.25, 0.3) is 0 Å². The smallest absolute Gasteiger partial charge is 0.286 e. The molecule has 58 valence electrons. The maximum absolute atomic E-state index is 8.29. The van der Waals surface area contributed by atoms with E-state index in [4.69, 9.17) is 9.94 Å². The van der Waals surface area contributed by atoms with Crippen LogP contribution < -0.4 is 0 Å². The predicted molar refractivity (Wildman–Crippen MR) is 41.5 cm³/mol. The molecule has 0 aromatic rings. The Balaban J connectivity index is 2.29. The molecule has 1 heterocycles. The zero-order valence-corrected chi connectivity index (χ0v) is 6.73. The second-order valence-electron chi connectivity index (χ2n) is 2.21. The molecule has 1 rings (SSSR count). The quantitative estimate of drug-likeness (QED) is 0.494. The van der Waals surface area contributed by atoms with Gasteiger partial charge in [0, 0.05) is 5.75 Å². The highest BCUT2D eigenvalue weighted by molar-refractivity contribution is 8.13. The van der Waals surface area contributed by atoms with E-state index < -0.39 is 0 Å². The van der Waals surface area contributed by atoms with Gasteiger partial charge in [-0.3, -0.25) is 0 Å². The zero-order chi connectivity index (χ0) is 7.40. The van der Waals surface area contributed by atoms with Crippen molar-refractivity contribution in [1.29, 1.82) is 0 Å². The van der Waals surface area contributed by atoms with E-state index in [2.05, 4.69) is 12.1 Å². The lowest BCUT2D eigenvalue weighted by Gasteiger charge is -2.04. The van der Waals surface area contributed by atoms with Gasteiger partial charge in [0.2, 0.25) is 0 Å². The van der Waals surface area contributed by atoms with Crippen molar-refractivity contribution in [3.05, 3.63) is 0 Å². The van der Waals surface area contributed by atoms with E-state index in [0.717, 1.165) is 18.6 Å². The first-order valence-electron chi connectivity index (χ1n) is 3.38. The van der Waals surface area contributed by atoms with Gasteiger partial charge < -0.3 is 9.94 Å². The third kappa shape index (κ3) is 1.80. The SMILES string of the molecule is CCCC1CSC(=NO)O1. The highest BCUT2D eigenvalue weighted by Gasteiger charge is 2.21. The van der Waals surface area contributed by atoms with E-state index >= 15 is 0 Å². The van der Waals surface area contributed by atoms with Crippen LogP contribution in [-0.4, -0.2) is 22.3 Å². The molecular weight excluding hydrogens is 150 g/mol. The van der Waals surface area contributed by atoms with Crippen LogP contribution in [0.2, 0.25) is 0 Å². The van der Waals surface area contributed by atoms with Gasteiger partial charge in [-0.1, -0.05) is 25.1 Å². The fourth-order valence-electron chi connectivity index (χ4n) is 0.892. The first-order chi connectivity index (χ1) is 4.86. The van der Waals surface area contributed by atoms with Crippen LogP contribution in [0.1, 0.15) is 19.8 Å². The number of rotatable bonds is 2. The van der Waals surface area contributed by atoms with Crippen LogP contribution in [0.5, 0.6) is 0 Å². The minimum absolute atomic E-state index is 0.265. The molecule has 1 aliphatic heterocycles. The van der Waals surface area contributed by atoms with Crippen LogP contribution in [0.3, 0.4) is 0 Å². The lowest BCUT2D eigenvalue weighted by molar-refractivity contribution is 0.201. The maximum Gasteiger partial charge on any atom is 0.286 e. The largest absolute Gasteiger partial charge is 0.467 e. The number of oxime groups is 1. The number of hydrogen-bond acceptors (Lipinski definition) is 4. The maximum atomic E-state index is 8.29. The van der Waals surface area contributed by atoms with Crippen molar-refractivity contribution in [1.82, 2.24) is 0 Å². The minimum atomic E-state index is 0.265. The summed E-state index contributed by atoms with van der Waals surface area (Å²) in [6.45, 7) is 2.11. The third-order valence-electron chi connectivity index (χ3n) is 1.35. The number of hydrogen-bond donors (Lipinski definition) is 1. The summed E-state index contributed by atoms with van der Waals surface area (Å²) in [7, 11) is 0. The van der Waals surface area contributed by atoms with Gasteiger partial charge in [-0.15, -0.1) is 0 Å². The van der Waals surface area contributed by atoms with Crippen LogP contribution >= 0.6 is 11.8 Å². The summed E-state index contributed by atoms with van der Waals surface area (Å²) in [6.07, 6.45) is 2.43. The van der Waals surface area contributed by atoms with E-state index in [0.29, 0.717) is 5.23 Å². The van der Waals surface area contributed by atoms with Crippen molar-refractivity contribution in [2.75, 3.05) is 5.75 Å². The molecule has 0 amide bonds. The van der Waals surface area contributed by atoms with Gasteiger partial charge in [-0.2, -0.15) is 0 Å². The monoisotopic (exact) mass is 161 g/mol. The van der Waals surface area contributed by atoms with Crippen LogP contribution in [-0.2, 0) is 4.74 Å². The molecular formula is C6H11NO2S. The summed E-state index contributed by atoms with van der Waals surface area (Å²) >= 11 is 1.47. The summed E-state index contributed by atoms with van der Waals surface area (Å²) in [5.41, 5.74) is 0. The van der Waals surface area contributed by atoms with Gasteiger partial charge in [0.15, 0.2) is 0 Å². The van der Waals surface area contributed by atoms with Crippen molar-refractivity contribution >= 4 is 17.0 Å². The van der Waals surface area contributed by atoms with E-state index in [9.17, 15) is 0 Å². The highest BCUT2D eigenvalue weighted by Crippen LogP contribution is 2.22. The number of ether oxygens (including phenoxy) is 1. The fourth-order valence-corrected chi connectivity index (χ4v) is 1.72. The minimum Gasteiger partial charge on any atom is -0.467 e. The van der Waals surface area contributed by atoms with Gasteiger partial charge in [0.25, 0.3) is 5.23 Å².